The van der Waals surface area contributed by atoms with Gasteiger partial charge in [-0.1, -0.05) is 27.5 Å². The largest absolute Gasteiger partial charge is 0.507 e. The van der Waals surface area contributed by atoms with E-state index in [0.717, 1.165) is 4.47 Å². The number of hydrogen-bond donors (Lipinski definition) is 2. The fourth-order valence-corrected chi connectivity index (χ4v) is 1.96. The summed E-state index contributed by atoms with van der Waals surface area (Å²) in [5.41, 5.74) is 3.32. The standard InChI is InChI=1S/C14H10BrClN2O2/c15-11-3-6-13(19)10(7-11)8-17-18-14(20)9-1-4-12(16)5-2-9/h1-8,19H,(H,18,20)/b17-8+. The van der Waals surface area contributed by atoms with Crippen molar-refractivity contribution in [1.29, 1.82) is 0 Å². The first kappa shape index (κ1) is 14.6. The average molecular weight is 354 g/mol. The molecule has 2 aromatic carbocycles. The molecule has 0 atom stereocenters. The van der Waals surface area contributed by atoms with Gasteiger partial charge in [0.15, 0.2) is 0 Å². The number of phenolic OH excluding ortho intramolecular Hbond substituents is 1. The van der Waals surface area contributed by atoms with Crippen molar-refractivity contribution in [1.82, 2.24) is 5.43 Å². The molecule has 0 aliphatic carbocycles. The zero-order valence-electron chi connectivity index (χ0n) is 10.2. The molecule has 0 radical (unpaired) electrons. The molecule has 0 aliphatic rings. The molecule has 0 fully saturated rings. The lowest BCUT2D eigenvalue weighted by molar-refractivity contribution is 0.0955. The van der Waals surface area contributed by atoms with Crippen LogP contribution in [0.2, 0.25) is 5.02 Å². The Hall–Kier alpha value is -1.85. The van der Waals surface area contributed by atoms with E-state index in [9.17, 15) is 9.90 Å². The minimum Gasteiger partial charge on any atom is -0.507 e. The molecule has 0 unspecified atom stereocenters. The first-order chi connectivity index (χ1) is 9.56. The third kappa shape index (κ3) is 3.82. The monoisotopic (exact) mass is 352 g/mol. The van der Waals surface area contributed by atoms with E-state index in [1.54, 1.807) is 36.4 Å². The minimum absolute atomic E-state index is 0.0812. The summed E-state index contributed by atoms with van der Waals surface area (Å²) >= 11 is 9.03. The Bertz CT molecular complexity index is 657. The average Bonchev–Trinajstić information content (AvgIpc) is 2.43. The SMILES string of the molecule is O=C(N/N=C/c1cc(Br)ccc1O)c1ccc(Cl)cc1. The number of hydrazone groups is 1. The topological polar surface area (TPSA) is 61.7 Å². The van der Waals surface area contributed by atoms with E-state index < -0.39 is 0 Å². The zero-order valence-corrected chi connectivity index (χ0v) is 12.5. The predicted octanol–water partition coefficient (Wildman–Crippen LogP) is 3.57. The normalized spacial score (nSPS) is 10.7. The minimum atomic E-state index is -0.354. The second-order valence-corrected chi connectivity index (χ2v) is 5.26. The molecule has 0 saturated heterocycles. The number of nitrogens with zero attached hydrogens (tertiary/aromatic N) is 1. The van der Waals surface area contributed by atoms with Gasteiger partial charge < -0.3 is 5.11 Å². The molecule has 102 valence electrons. The fourth-order valence-electron chi connectivity index (χ4n) is 1.46. The van der Waals surface area contributed by atoms with Gasteiger partial charge in [-0.15, -0.1) is 0 Å². The second-order valence-electron chi connectivity index (χ2n) is 3.91. The number of nitrogens with one attached hydrogen (secondary N) is 1. The van der Waals surface area contributed by atoms with Crippen LogP contribution in [-0.2, 0) is 0 Å². The second kappa shape index (κ2) is 6.54. The van der Waals surface area contributed by atoms with Gasteiger partial charge in [0, 0.05) is 20.6 Å². The molecule has 0 bridgehead atoms. The van der Waals surface area contributed by atoms with E-state index in [4.69, 9.17) is 11.6 Å². The summed E-state index contributed by atoms with van der Waals surface area (Å²) in [5, 5.41) is 14.0. The molecule has 2 N–H and O–H groups in total. The number of phenols is 1. The van der Waals surface area contributed by atoms with Crippen LogP contribution < -0.4 is 5.43 Å². The third-order valence-electron chi connectivity index (χ3n) is 2.47. The molecular formula is C14H10BrClN2O2. The lowest BCUT2D eigenvalue weighted by Gasteiger charge is -2.01. The van der Waals surface area contributed by atoms with Gasteiger partial charge in [-0.05, 0) is 42.5 Å². The van der Waals surface area contributed by atoms with E-state index in [1.165, 1.54) is 12.3 Å². The molecule has 0 spiro atoms. The van der Waals surface area contributed by atoms with Crippen LogP contribution in [0.1, 0.15) is 15.9 Å². The number of carbonyl (C=O) groups is 1. The van der Waals surface area contributed by atoms with Crippen molar-refractivity contribution in [2.24, 2.45) is 5.10 Å². The Morgan fingerprint density at radius 1 is 1.25 bits per heavy atom. The van der Waals surface area contributed by atoms with Crippen LogP contribution in [0.5, 0.6) is 5.75 Å². The van der Waals surface area contributed by atoms with E-state index in [0.29, 0.717) is 16.1 Å². The van der Waals surface area contributed by atoms with Gasteiger partial charge in [-0.2, -0.15) is 5.10 Å². The fraction of sp³-hybridized carbons (Fsp3) is 0. The number of carbonyl (C=O) groups excluding carboxylic acids is 1. The molecule has 2 aromatic rings. The highest BCUT2D eigenvalue weighted by Crippen LogP contribution is 2.19. The maximum atomic E-state index is 11.8. The summed E-state index contributed by atoms with van der Waals surface area (Å²) in [5.74, 6) is -0.273. The predicted molar refractivity (Wildman–Crippen MR) is 82.3 cm³/mol. The summed E-state index contributed by atoms with van der Waals surface area (Å²) in [4.78, 5) is 11.8. The Balaban J connectivity index is 2.04. The van der Waals surface area contributed by atoms with Crippen molar-refractivity contribution in [3.05, 3.63) is 63.1 Å². The molecule has 1 amide bonds. The van der Waals surface area contributed by atoms with E-state index >= 15 is 0 Å². The van der Waals surface area contributed by atoms with Crippen molar-refractivity contribution in [2.45, 2.75) is 0 Å². The van der Waals surface area contributed by atoms with E-state index in [2.05, 4.69) is 26.5 Å². The Morgan fingerprint density at radius 2 is 1.95 bits per heavy atom. The molecule has 20 heavy (non-hydrogen) atoms. The molecule has 0 aliphatic heterocycles. The van der Waals surface area contributed by atoms with Crippen LogP contribution in [0.4, 0.5) is 0 Å². The number of amides is 1. The molecule has 6 heteroatoms. The number of aromatic hydroxyl groups is 1. The summed E-state index contributed by atoms with van der Waals surface area (Å²) in [6, 6.07) is 11.4. The van der Waals surface area contributed by atoms with Gasteiger partial charge in [0.1, 0.15) is 5.75 Å². The van der Waals surface area contributed by atoms with Crippen LogP contribution in [0.3, 0.4) is 0 Å². The molecule has 0 heterocycles. The summed E-state index contributed by atoms with van der Waals surface area (Å²) < 4.78 is 0.806. The lowest BCUT2D eigenvalue weighted by atomic mass is 10.2. The summed E-state index contributed by atoms with van der Waals surface area (Å²) in [6.45, 7) is 0. The summed E-state index contributed by atoms with van der Waals surface area (Å²) in [6.07, 6.45) is 1.37. The van der Waals surface area contributed by atoms with Crippen molar-refractivity contribution in [3.8, 4) is 5.75 Å². The van der Waals surface area contributed by atoms with Crippen LogP contribution in [0, 0.1) is 0 Å². The maximum Gasteiger partial charge on any atom is 0.271 e. The Morgan fingerprint density at radius 3 is 2.65 bits per heavy atom. The van der Waals surface area contributed by atoms with Gasteiger partial charge in [-0.3, -0.25) is 4.79 Å². The smallest absolute Gasteiger partial charge is 0.271 e. The number of rotatable bonds is 3. The van der Waals surface area contributed by atoms with E-state index in [1.807, 2.05) is 0 Å². The highest BCUT2D eigenvalue weighted by molar-refractivity contribution is 9.10. The molecule has 2 rings (SSSR count). The molecular weight excluding hydrogens is 344 g/mol. The molecule has 0 aromatic heterocycles. The van der Waals surface area contributed by atoms with Crippen molar-refractivity contribution < 1.29 is 9.90 Å². The quantitative estimate of drug-likeness (QED) is 0.654. The Labute approximate surface area is 129 Å². The van der Waals surface area contributed by atoms with Gasteiger partial charge in [-0.25, -0.2) is 5.43 Å². The first-order valence-electron chi connectivity index (χ1n) is 5.64. The van der Waals surface area contributed by atoms with Crippen LogP contribution >= 0.6 is 27.5 Å². The summed E-state index contributed by atoms with van der Waals surface area (Å²) in [7, 11) is 0. The van der Waals surface area contributed by atoms with Gasteiger partial charge in [0.2, 0.25) is 0 Å². The Kier molecular flexibility index (Phi) is 4.76. The number of benzene rings is 2. The highest BCUT2D eigenvalue weighted by atomic mass is 79.9. The third-order valence-corrected chi connectivity index (χ3v) is 3.21. The van der Waals surface area contributed by atoms with Crippen LogP contribution in [0.15, 0.2) is 52.0 Å². The van der Waals surface area contributed by atoms with Gasteiger partial charge in [0.25, 0.3) is 5.91 Å². The number of hydrogen-bond acceptors (Lipinski definition) is 3. The lowest BCUT2D eigenvalue weighted by Crippen LogP contribution is -2.17. The van der Waals surface area contributed by atoms with E-state index in [-0.39, 0.29) is 11.7 Å². The van der Waals surface area contributed by atoms with Crippen molar-refractivity contribution >= 4 is 39.7 Å². The highest BCUT2D eigenvalue weighted by Gasteiger charge is 2.03. The molecule has 0 saturated carbocycles. The van der Waals surface area contributed by atoms with Crippen molar-refractivity contribution in [2.75, 3.05) is 0 Å². The zero-order chi connectivity index (χ0) is 14.5. The maximum absolute atomic E-state index is 11.8. The number of halogens is 2. The van der Waals surface area contributed by atoms with Gasteiger partial charge in [0.05, 0.1) is 6.21 Å². The van der Waals surface area contributed by atoms with Crippen LogP contribution in [0.25, 0.3) is 0 Å². The van der Waals surface area contributed by atoms with Crippen LogP contribution in [-0.4, -0.2) is 17.2 Å². The first-order valence-corrected chi connectivity index (χ1v) is 6.81. The molecule has 4 nitrogen and oxygen atoms in total. The van der Waals surface area contributed by atoms with Crippen molar-refractivity contribution in [3.63, 3.8) is 0 Å². The van der Waals surface area contributed by atoms with Gasteiger partial charge >= 0.3 is 0 Å².